The van der Waals surface area contributed by atoms with Crippen LogP contribution in [0.5, 0.6) is 0 Å². The fourth-order valence-corrected chi connectivity index (χ4v) is 2.26. The molecular weight excluding hydrogens is 310 g/mol. The zero-order valence-electron chi connectivity index (χ0n) is 12.9. The third-order valence-electron chi connectivity index (χ3n) is 2.65. The van der Waals surface area contributed by atoms with Crippen LogP contribution in [0.3, 0.4) is 0 Å². The highest BCUT2D eigenvalue weighted by Crippen LogP contribution is 2.21. The zero-order chi connectivity index (χ0) is 16.7. The maximum atomic E-state index is 11.8. The lowest BCUT2D eigenvalue weighted by Crippen LogP contribution is -2.41. The minimum Gasteiger partial charge on any atom is -0.466 e. The first-order valence-electron chi connectivity index (χ1n) is 6.62. The van der Waals surface area contributed by atoms with Crippen LogP contribution in [-0.2, 0) is 27.8 Å². The maximum absolute atomic E-state index is 11.8. The Balaban J connectivity index is 2.66. The summed E-state index contributed by atoms with van der Waals surface area (Å²) in [6.07, 6.45) is 0.0106. The lowest BCUT2D eigenvalue weighted by Gasteiger charge is -2.10. The standard InChI is InChI=1S/C12H19N5O4S/c1-5-21-9(18)6-8-15-16-12(17(8)4)22-7(2)10(19)14-11(20)13-3/h7H,5-6H2,1-4H3,(H2,13,14,19,20)/t7-/m1/s1. The van der Waals surface area contributed by atoms with Crippen LogP contribution in [0.4, 0.5) is 4.79 Å². The average molecular weight is 329 g/mol. The number of hydrogen-bond donors (Lipinski definition) is 2. The summed E-state index contributed by atoms with van der Waals surface area (Å²) in [7, 11) is 3.12. The Kier molecular flexibility index (Phi) is 6.83. The van der Waals surface area contributed by atoms with Crippen molar-refractivity contribution in [3.05, 3.63) is 5.82 Å². The molecule has 0 aliphatic heterocycles. The SMILES string of the molecule is CCOC(=O)Cc1nnc(S[C@H](C)C(=O)NC(=O)NC)n1C. The fourth-order valence-electron chi connectivity index (χ4n) is 1.43. The van der Waals surface area contributed by atoms with E-state index in [4.69, 9.17) is 4.74 Å². The molecule has 0 aliphatic rings. The van der Waals surface area contributed by atoms with Crippen LogP contribution >= 0.6 is 11.8 Å². The number of esters is 1. The minimum absolute atomic E-state index is 0.0106. The molecule has 1 atom stereocenters. The van der Waals surface area contributed by atoms with Gasteiger partial charge in [-0.15, -0.1) is 10.2 Å². The van der Waals surface area contributed by atoms with Gasteiger partial charge in [0, 0.05) is 14.1 Å². The molecule has 2 N–H and O–H groups in total. The Bertz CT molecular complexity index is 560. The van der Waals surface area contributed by atoms with Crippen molar-refractivity contribution in [2.75, 3.05) is 13.7 Å². The van der Waals surface area contributed by atoms with Crippen LogP contribution in [0, 0.1) is 0 Å². The highest BCUT2D eigenvalue weighted by Gasteiger charge is 2.21. The van der Waals surface area contributed by atoms with Crippen molar-refractivity contribution in [2.24, 2.45) is 7.05 Å². The molecule has 3 amide bonds. The fraction of sp³-hybridized carbons (Fsp3) is 0.583. The highest BCUT2D eigenvalue weighted by molar-refractivity contribution is 8.00. The third kappa shape index (κ3) is 5.02. The van der Waals surface area contributed by atoms with Gasteiger partial charge in [-0.25, -0.2) is 4.79 Å². The average Bonchev–Trinajstić information content (AvgIpc) is 2.80. The van der Waals surface area contributed by atoms with Gasteiger partial charge in [0.2, 0.25) is 5.91 Å². The smallest absolute Gasteiger partial charge is 0.321 e. The number of nitrogens with one attached hydrogen (secondary N) is 2. The number of carbonyl (C=O) groups excluding carboxylic acids is 3. The topological polar surface area (TPSA) is 115 Å². The second-order valence-electron chi connectivity index (χ2n) is 4.27. The van der Waals surface area contributed by atoms with Gasteiger partial charge in [0.15, 0.2) is 5.16 Å². The summed E-state index contributed by atoms with van der Waals surface area (Å²) in [6, 6.07) is -0.571. The van der Waals surface area contributed by atoms with Gasteiger partial charge in [-0.1, -0.05) is 11.8 Å². The first-order chi connectivity index (χ1) is 10.4. The number of carbonyl (C=O) groups is 3. The van der Waals surface area contributed by atoms with Gasteiger partial charge in [0.05, 0.1) is 11.9 Å². The number of urea groups is 1. The van der Waals surface area contributed by atoms with Crippen LogP contribution < -0.4 is 10.6 Å². The zero-order valence-corrected chi connectivity index (χ0v) is 13.7. The van der Waals surface area contributed by atoms with Crippen LogP contribution in [-0.4, -0.2) is 51.6 Å². The van der Waals surface area contributed by atoms with E-state index in [1.54, 1.807) is 25.5 Å². The molecule has 1 heterocycles. The number of thioether (sulfide) groups is 1. The van der Waals surface area contributed by atoms with Gasteiger partial charge < -0.3 is 14.6 Å². The van der Waals surface area contributed by atoms with Gasteiger partial charge in [-0.2, -0.15) is 0 Å². The van der Waals surface area contributed by atoms with Crippen molar-refractivity contribution in [1.82, 2.24) is 25.4 Å². The van der Waals surface area contributed by atoms with Crippen LogP contribution in [0.2, 0.25) is 0 Å². The van der Waals surface area contributed by atoms with E-state index in [1.807, 2.05) is 0 Å². The molecule has 0 saturated carbocycles. The molecule has 0 spiro atoms. The number of ether oxygens (including phenoxy) is 1. The summed E-state index contributed by atoms with van der Waals surface area (Å²) in [5.41, 5.74) is 0. The number of aromatic nitrogens is 3. The molecule has 0 saturated heterocycles. The van der Waals surface area contributed by atoms with Crippen molar-refractivity contribution < 1.29 is 19.1 Å². The van der Waals surface area contributed by atoms with E-state index >= 15 is 0 Å². The number of hydrogen-bond acceptors (Lipinski definition) is 7. The van der Waals surface area contributed by atoms with Gasteiger partial charge in [0.25, 0.3) is 0 Å². The molecule has 0 aliphatic carbocycles. The van der Waals surface area contributed by atoms with E-state index in [-0.39, 0.29) is 12.4 Å². The van der Waals surface area contributed by atoms with Crippen molar-refractivity contribution in [2.45, 2.75) is 30.7 Å². The Morgan fingerprint density at radius 2 is 2.05 bits per heavy atom. The first kappa shape index (κ1) is 18.0. The Labute approximate surface area is 132 Å². The lowest BCUT2D eigenvalue weighted by molar-refractivity contribution is -0.142. The largest absolute Gasteiger partial charge is 0.466 e. The molecule has 1 rings (SSSR count). The lowest BCUT2D eigenvalue weighted by atomic mass is 10.4. The molecule has 22 heavy (non-hydrogen) atoms. The molecular formula is C12H19N5O4S. The van der Waals surface area contributed by atoms with Crippen molar-refractivity contribution in [3.63, 3.8) is 0 Å². The molecule has 0 unspecified atom stereocenters. The number of rotatable bonds is 6. The molecule has 1 aromatic rings. The van der Waals surface area contributed by atoms with Crippen LogP contribution in [0.25, 0.3) is 0 Å². The van der Waals surface area contributed by atoms with Crippen molar-refractivity contribution >= 4 is 29.7 Å². The Hall–Kier alpha value is -2.10. The molecule has 122 valence electrons. The summed E-state index contributed by atoms with van der Waals surface area (Å²) >= 11 is 1.14. The number of amides is 3. The van der Waals surface area contributed by atoms with E-state index in [0.717, 1.165) is 11.8 Å². The van der Waals surface area contributed by atoms with Gasteiger partial charge in [-0.3, -0.25) is 14.9 Å². The second-order valence-corrected chi connectivity index (χ2v) is 5.58. The molecule has 0 bridgehead atoms. The summed E-state index contributed by atoms with van der Waals surface area (Å²) < 4.78 is 6.47. The van der Waals surface area contributed by atoms with E-state index in [2.05, 4.69) is 20.8 Å². The van der Waals surface area contributed by atoms with E-state index in [1.165, 1.54) is 7.05 Å². The molecule has 0 aromatic carbocycles. The first-order valence-corrected chi connectivity index (χ1v) is 7.50. The monoisotopic (exact) mass is 329 g/mol. The minimum atomic E-state index is -0.571. The second kappa shape index (κ2) is 8.37. The molecule has 1 aromatic heterocycles. The summed E-state index contributed by atoms with van der Waals surface area (Å²) in [5.74, 6) is -0.390. The third-order valence-corrected chi connectivity index (χ3v) is 3.78. The normalized spacial score (nSPS) is 11.6. The van der Waals surface area contributed by atoms with E-state index in [0.29, 0.717) is 17.6 Å². The van der Waals surface area contributed by atoms with Gasteiger partial charge >= 0.3 is 12.0 Å². The number of imide groups is 1. The summed E-state index contributed by atoms with van der Waals surface area (Å²) in [5, 5.41) is 12.3. The predicted octanol–water partition coefficient (Wildman–Crippen LogP) is -0.143. The summed E-state index contributed by atoms with van der Waals surface area (Å²) in [6.45, 7) is 3.67. The van der Waals surface area contributed by atoms with Crippen LogP contribution in [0.15, 0.2) is 5.16 Å². The molecule has 9 nitrogen and oxygen atoms in total. The van der Waals surface area contributed by atoms with Crippen molar-refractivity contribution in [1.29, 1.82) is 0 Å². The van der Waals surface area contributed by atoms with Gasteiger partial charge in [0.1, 0.15) is 12.2 Å². The summed E-state index contributed by atoms with van der Waals surface area (Å²) in [4.78, 5) is 34.3. The molecule has 10 heteroatoms. The van der Waals surface area contributed by atoms with E-state index in [9.17, 15) is 14.4 Å². The van der Waals surface area contributed by atoms with Gasteiger partial charge in [-0.05, 0) is 13.8 Å². The number of nitrogens with zero attached hydrogens (tertiary/aromatic N) is 3. The van der Waals surface area contributed by atoms with Crippen molar-refractivity contribution in [3.8, 4) is 0 Å². The Morgan fingerprint density at radius 3 is 2.64 bits per heavy atom. The molecule has 0 fully saturated rings. The van der Waals surface area contributed by atoms with Crippen LogP contribution in [0.1, 0.15) is 19.7 Å². The predicted molar refractivity (Wildman–Crippen MR) is 79.3 cm³/mol. The molecule has 0 radical (unpaired) electrons. The quantitative estimate of drug-likeness (QED) is 0.551. The maximum Gasteiger partial charge on any atom is 0.321 e. The van der Waals surface area contributed by atoms with E-state index < -0.39 is 17.2 Å². The Morgan fingerprint density at radius 1 is 1.36 bits per heavy atom. The highest BCUT2D eigenvalue weighted by atomic mass is 32.2.